The molecule has 1 aromatic heterocycles. The summed E-state index contributed by atoms with van der Waals surface area (Å²) in [6.45, 7) is 1.41. The first-order chi connectivity index (χ1) is 11.3. The number of halogens is 6. The van der Waals surface area contributed by atoms with Gasteiger partial charge >= 0.3 is 6.18 Å². The molecule has 0 unspecified atom stereocenters. The van der Waals surface area contributed by atoms with E-state index < -0.39 is 28.9 Å². The maximum Gasteiger partial charge on any atom is 0.418 e. The molecule has 2 aromatic carbocycles. The molecule has 25 heavy (non-hydrogen) atoms. The van der Waals surface area contributed by atoms with Crippen LogP contribution in [0, 0.1) is 18.6 Å². The maximum absolute atomic E-state index is 13.8. The number of aromatic nitrogens is 3. The van der Waals surface area contributed by atoms with E-state index in [-0.39, 0.29) is 29.7 Å². The second-order valence-corrected chi connectivity index (χ2v) is 5.01. The number of nitrogens with zero attached hydrogens (tertiary/aromatic N) is 3. The van der Waals surface area contributed by atoms with E-state index in [9.17, 15) is 22.0 Å². The molecule has 132 valence electrons. The van der Waals surface area contributed by atoms with Crippen molar-refractivity contribution in [3.8, 4) is 17.1 Å². The minimum absolute atomic E-state index is 0. The maximum atomic E-state index is 13.8. The van der Waals surface area contributed by atoms with Crippen molar-refractivity contribution in [1.82, 2.24) is 14.8 Å². The third-order valence-electron chi connectivity index (χ3n) is 3.39. The molecule has 0 bridgehead atoms. The van der Waals surface area contributed by atoms with Gasteiger partial charge in [0.05, 0.1) is 16.8 Å². The zero-order valence-corrected chi connectivity index (χ0v) is 13.5. The first-order valence-corrected chi connectivity index (χ1v) is 6.83. The molecular formula is C16H11ClF5N3. The van der Waals surface area contributed by atoms with Crippen LogP contribution in [-0.2, 0) is 6.18 Å². The van der Waals surface area contributed by atoms with Gasteiger partial charge in [0.15, 0.2) is 5.82 Å². The third-order valence-corrected chi connectivity index (χ3v) is 3.39. The number of rotatable bonds is 2. The van der Waals surface area contributed by atoms with Crippen LogP contribution in [0.4, 0.5) is 22.0 Å². The Hall–Kier alpha value is -2.48. The molecule has 1 heterocycles. The van der Waals surface area contributed by atoms with Crippen molar-refractivity contribution in [2.24, 2.45) is 0 Å². The fraction of sp³-hybridized carbons (Fsp3) is 0.125. The number of hydrogen-bond donors (Lipinski definition) is 0. The molecule has 0 aliphatic carbocycles. The fourth-order valence-electron chi connectivity index (χ4n) is 2.33. The van der Waals surface area contributed by atoms with Gasteiger partial charge in [-0.05, 0) is 31.2 Å². The molecule has 3 aromatic rings. The van der Waals surface area contributed by atoms with Crippen LogP contribution in [-0.4, -0.2) is 14.8 Å². The molecule has 0 fully saturated rings. The van der Waals surface area contributed by atoms with Crippen LogP contribution in [0.3, 0.4) is 0 Å². The first kappa shape index (κ1) is 18.9. The number of benzene rings is 2. The Bertz CT molecular complexity index is 885. The smallest absolute Gasteiger partial charge is 0.217 e. The first-order valence-electron chi connectivity index (χ1n) is 6.83. The lowest BCUT2D eigenvalue weighted by Crippen LogP contribution is -2.12. The summed E-state index contributed by atoms with van der Waals surface area (Å²) in [5.41, 5.74) is -1.67. The van der Waals surface area contributed by atoms with Gasteiger partial charge in [0.25, 0.3) is 0 Å². The van der Waals surface area contributed by atoms with Gasteiger partial charge < -0.3 is 0 Å². The van der Waals surface area contributed by atoms with Crippen molar-refractivity contribution in [3.63, 3.8) is 0 Å². The second-order valence-electron chi connectivity index (χ2n) is 5.01. The van der Waals surface area contributed by atoms with Crippen molar-refractivity contribution in [2.75, 3.05) is 0 Å². The summed E-state index contributed by atoms with van der Waals surface area (Å²) in [6.07, 6.45) is -4.60. The Balaban J connectivity index is 0.00000225. The van der Waals surface area contributed by atoms with Crippen molar-refractivity contribution in [3.05, 3.63) is 65.5 Å². The lowest BCUT2D eigenvalue weighted by Gasteiger charge is -2.12. The Kier molecular flexibility index (Phi) is 5.12. The Morgan fingerprint density at radius 2 is 1.52 bits per heavy atom. The molecule has 0 atom stereocenters. The monoisotopic (exact) mass is 375 g/mol. The highest BCUT2D eigenvalue weighted by molar-refractivity contribution is 5.85. The van der Waals surface area contributed by atoms with E-state index in [4.69, 9.17) is 0 Å². The zero-order chi connectivity index (χ0) is 17.5. The minimum atomic E-state index is -4.60. The summed E-state index contributed by atoms with van der Waals surface area (Å²) in [7, 11) is 0. The summed E-state index contributed by atoms with van der Waals surface area (Å²) < 4.78 is 68.0. The lowest BCUT2D eigenvalue weighted by molar-refractivity contribution is -0.137. The summed E-state index contributed by atoms with van der Waals surface area (Å²) in [5, 5.41) is 3.87. The fourth-order valence-corrected chi connectivity index (χ4v) is 2.33. The molecule has 0 spiro atoms. The van der Waals surface area contributed by atoms with E-state index in [1.54, 1.807) is 0 Å². The van der Waals surface area contributed by atoms with Crippen LogP contribution in [0.25, 0.3) is 17.1 Å². The average Bonchev–Trinajstić information content (AvgIpc) is 2.87. The van der Waals surface area contributed by atoms with Crippen LogP contribution in [0.5, 0.6) is 0 Å². The van der Waals surface area contributed by atoms with Crippen molar-refractivity contribution in [1.29, 1.82) is 0 Å². The van der Waals surface area contributed by atoms with Gasteiger partial charge in [0, 0.05) is 0 Å². The second kappa shape index (κ2) is 6.79. The van der Waals surface area contributed by atoms with E-state index in [0.717, 1.165) is 22.9 Å². The summed E-state index contributed by atoms with van der Waals surface area (Å²) in [5.74, 6) is -2.03. The highest BCUT2D eigenvalue weighted by Crippen LogP contribution is 2.34. The Labute approximate surface area is 145 Å². The van der Waals surface area contributed by atoms with Gasteiger partial charge in [-0.1, -0.05) is 18.2 Å². The number of para-hydroxylation sites is 1. The van der Waals surface area contributed by atoms with Gasteiger partial charge in [0.2, 0.25) is 0 Å². The van der Waals surface area contributed by atoms with Crippen molar-refractivity contribution < 1.29 is 22.0 Å². The normalized spacial score (nSPS) is 11.3. The Morgan fingerprint density at radius 3 is 2.12 bits per heavy atom. The molecule has 0 aliphatic rings. The quantitative estimate of drug-likeness (QED) is 0.593. The molecule has 0 aliphatic heterocycles. The SMILES string of the molecule is Cc1nc(-c2c(F)cccc2F)nn1-c1ccccc1C(F)(F)F.Cl. The summed E-state index contributed by atoms with van der Waals surface area (Å²) >= 11 is 0. The molecule has 9 heteroatoms. The van der Waals surface area contributed by atoms with Crippen LogP contribution >= 0.6 is 12.4 Å². The molecule has 0 N–H and O–H groups in total. The average molecular weight is 376 g/mol. The molecule has 0 saturated heterocycles. The number of alkyl halides is 3. The van der Waals surface area contributed by atoms with Gasteiger partial charge in [-0.2, -0.15) is 13.2 Å². The molecule has 0 saturated carbocycles. The van der Waals surface area contributed by atoms with Crippen molar-refractivity contribution >= 4 is 12.4 Å². The number of aryl methyl sites for hydroxylation is 1. The third kappa shape index (κ3) is 3.48. The van der Waals surface area contributed by atoms with E-state index in [1.807, 2.05) is 0 Å². The van der Waals surface area contributed by atoms with Gasteiger partial charge in [0.1, 0.15) is 17.5 Å². The largest absolute Gasteiger partial charge is 0.418 e. The van der Waals surface area contributed by atoms with Gasteiger partial charge in [-0.15, -0.1) is 17.5 Å². The predicted octanol–water partition coefficient (Wildman–Crippen LogP) is 4.96. The topological polar surface area (TPSA) is 30.7 Å². The molecule has 3 rings (SSSR count). The van der Waals surface area contributed by atoms with Crippen LogP contribution < -0.4 is 0 Å². The van der Waals surface area contributed by atoms with Gasteiger partial charge in [-0.25, -0.2) is 18.4 Å². The highest BCUT2D eigenvalue weighted by atomic mass is 35.5. The van der Waals surface area contributed by atoms with Gasteiger partial charge in [-0.3, -0.25) is 0 Å². The highest BCUT2D eigenvalue weighted by Gasteiger charge is 2.34. The van der Waals surface area contributed by atoms with E-state index in [0.29, 0.717) is 0 Å². The van der Waals surface area contributed by atoms with Crippen LogP contribution in [0.2, 0.25) is 0 Å². The minimum Gasteiger partial charge on any atom is -0.217 e. The standard InChI is InChI=1S/C16H10F5N3.ClH/c1-9-22-15(14-11(17)6-4-7-12(14)18)23-24(9)13-8-3-2-5-10(13)16(19,20)21;/h2-8H,1H3;1H. The Morgan fingerprint density at radius 1 is 0.920 bits per heavy atom. The molecule has 0 amide bonds. The summed E-state index contributed by atoms with van der Waals surface area (Å²) in [6, 6.07) is 8.00. The van der Waals surface area contributed by atoms with E-state index >= 15 is 0 Å². The van der Waals surface area contributed by atoms with E-state index in [1.165, 1.54) is 31.2 Å². The van der Waals surface area contributed by atoms with E-state index in [2.05, 4.69) is 10.1 Å². The summed E-state index contributed by atoms with van der Waals surface area (Å²) in [4.78, 5) is 3.91. The lowest BCUT2D eigenvalue weighted by atomic mass is 10.1. The predicted molar refractivity (Wildman–Crippen MR) is 83.7 cm³/mol. The molecular weight excluding hydrogens is 365 g/mol. The zero-order valence-electron chi connectivity index (χ0n) is 12.7. The van der Waals surface area contributed by atoms with Crippen LogP contribution in [0.15, 0.2) is 42.5 Å². The molecule has 0 radical (unpaired) electrons. The molecule has 3 nitrogen and oxygen atoms in total. The van der Waals surface area contributed by atoms with Crippen LogP contribution in [0.1, 0.15) is 11.4 Å². The number of hydrogen-bond acceptors (Lipinski definition) is 2. The van der Waals surface area contributed by atoms with Crippen molar-refractivity contribution in [2.45, 2.75) is 13.1 Å².